The molecule has 0 aliphatic rings. The molecule has 0 aromatic heterocycles. The van der Waals surface area contributed by atoms with E-state index >= 15 is 0 Å². The molecule has 0 spiro atoms. The van der Waals surface area contributed by atoms with Crippen molar-refractivity contribution < 1.29 is 68.7 Å². The van der Waals surface area contributed by atoms with Gasteiger partial charge in [-0.3, -0.25) is 24.0 Å². The Hall–Kier alpha value is -7.29. The first-order chi connectivity index (χ1) is 33.4. The summed E-state index contributed by atoms with van der Waals surface area (Å²) in [6, 6.07) is 12.8. The Bertz CT molecular complexity index is 2220. The summed E-state index contributed by atoms with van der Waals surface area (Å²) in [6.07, 6.45) is 4.28. The number of nitrogens with one attached hydrogen (secondary N) is 7. The number of phenols is 1. The van der Waals surface area contributed by atoms with E-state index in [2.05, 4.69) is 37.2 Å². The average molecular weight is 978 g/mol. The number of urea groups is 1. The second-order valence-electron chi connectivity index (χ2n) is 17.0. The molecule has 21 nitrogen and oxygen atoms in total. The molecule has 3 aromatic carbocycles. The first-order valence-corrected chi connectivity index (χ1v) is 23.5. The van der Waals surface area contributed by atoms with Gasteiger partial charge < -0.3 is 62.8 Å². The number of fused-ring (bicyclic) bond motifs is 1. The molecule has 0 radical (unpaired) electrons. The highest BCUT2D eigenvalue weighted by molar-refractivity contribution is 5.92. The van der Waals surface area contributed by atoms with Crippen LogP contribution in [0.25, 0.3) is 10.8 Å². The predicted octanol–water partition coefficient (Wildman–Crippen LogP) is 2.96. The van der Waals surface area contributed by atoms with E-state index in [1.807, 2.05) is 42.5 Å². The Kier molecular flexibility index (Phi) is 25.2. The summed E-state index contributed by atoms with van der Waals surface area (Å²) in [7, 11) is 1.62. The van der Waals surface area contributed by atoms with Gasteiger partial charge in [-0.1, -0.05) is 67.4 Å². The van der Waals surface area contributed by atoms with E-state index in [1.165, 1.54) is 12.1 Å². The molecule has 0 saturated carbocycles. The van der Waals surface area contributed by atoms with Crippen molar-refractivity contribution in [3.05, 3.63) is 77.9 Å². The molecule has 3 aromatic rings. The molecule has 12 N–H and O–H groups in total. The standard InChI is InChI=1S/C49H67N7O14/c1-50-39(29-31-19-22-35(57)23-20-31)44(62)54-40(30-32-18-21-33-12-6-7-13-34(33)28-32)45(63)53-36(46(64)65)14-8-10-26-51-41(58)16-4-2-3-5-17-42(59)52-27-11-9-15-37(47(66)67)55-49(70)56-38(48(68)69)24-25-43(60)61/h6-7,12-13,18-23,28,36-40,50,57H,2-5,8-11,14-17,24-27,29-30H2,1H3,(H,51,58)(H,52,59)(H,53,63)(H,54,62)(H,60,61)(H,64,65)(H,66,67)(H,68,69)(H2,55,56,70)/t36-,37?,38+,39?,40-/m1/s1. The maximum atomic E-state index is 13.8. The van der Waals surface area contributed by atoms with Gasteiger partial charge in [0.2, 0.25) is 23.6 Å². The third-order valence-electron chi connectivity index (χ3n) is 11.4. The van der Waals surface area contributed by atoms with Crippen LogP contribution in [0.15, 0.2) is 66.7 Å². The number of carbonyl (C=O) groups excluding carboxylic acids is 5. The second kappa shape index (κ2) is 31.0. The smallest absolute Gasteiger partial charge is 0.326 e. The summed E-state index contributed by atoms with van der Waals surface area (Å²) in [6.45, 7) is 0.576. The number of aromatic hydroxyl groups is 1. The lowest BCUT2D eigenvalue weighted by atomic mass is 9.99. The number of benzene rings is 3. The number of hydrogen-bond acceptors (Lipinski definition) is 11. The van der Waals surface area contributed by atoms with Crippen LogP contribution in [0.3, 0.4) is 0 Å². The Labute approximate surface area is 405 Å². The number of carboxylic acids is 4. The first kappa shape index (κ1) is 57.0. The van der Waals surface area contributed by atoms with Crippen molar-refractivity contribution in [3.8, 4) is 5.75 Å². The van der Waals surface area contributed by atoms with Gasteiger partial charge >= 0.3 is 29.9 Å². The number of aliphatic carboxylic acids is 4. The van der Waals surface area contributed by atoms with Crippen LogP contribution in [0.4, 0.5) is 4.79 Å². The van der Waals surface area contributed by atoms with Crippen LogP contribution in [-0.2, 0) is 51.2 Å². The van der Waals surface area contributed by atoms with Gasteiger partial charge in [0.1, 0.15) is 29.9 Å². The molecule has 0 fully saturated rings. The summed E-state index contributed by atoms with van der Waals surface area (Å²) in [5.41, 5.74) is 1.54. The molecule has 5 atom stereocenters. The first-order valence-electron chi connectivity index (χ1n) is 23.5. The van der Waals surface area contributed by atoms with Crippen molar-refractivity contribution in [2.24, 2.45) is 0 Å². The van der Waals surface area contributed by atoms with Crippen LogP contribution < -0.4 is 37.2 Å². The zero-order chi connectivity index (χ0) is 51.4. The van der Waals surface area contributed by atoms with Crippen molar-refractivity contribution in [1.29, 1.82) is 0 Å². The Morgan fingerprint density at radius 2 is 0.943 bits per heavy atom. The molecular formula is C49H67N7O14. The van der Waals surface area contributed by atoms with Gasteiger partial charge in [0.05, 0.1) is 6.04 Å². The predicted molar refractivity (Wildman–Crippen MR) is 257 cm³/mol. The lowest BCUT2D eigenvalue weighted by molar-refractivity contribution is -0.142. The van der Waals surface area contributed by atoms with Gasteiger partial charge in [-0.25, -0.2) is 19.2 Å². The van der Waals surface area contributed by atoms with E-state index in [0.29, 0.717) is 57.9 Å². The lowest BCUT2D eigenvalue weighted by Gasteiger charge is -2.24. The minimum absolute atomic E-state index is 0.00589. The Morgan fingerprint density at radius 3 is 1.47 bits per heavy atom. The van der Waals surface area contributed by atoms with Crippen molar-refractivity contribution in [2.75, 3.05) is 20.1 Å². The maximum Gasteiger partial charge on any atom is 0.326 e. The zero-order valence-electron chi connectivity index (χ0n) is 39.4. The van der Waals surface area contributed by atoms with E-state index in [9.17, 15) is 63.6 Å². The van der Waals surface area contributed by atoms with Gasteiger partial charge in [-0.15, -0.1) is 0 Å². The third-order valence-corrected chi connectivity index (χ3v) is 11.4. The third kappa shape index (κ3) is 22.2. The fourth-order valence-electron chi connectivity index (χ4n) is 7.45. The number of phenolic OH excluding ortho intramolecular Hbond substituents is 1. The van der Waals surface area contributed by atoms with Gasteiger partial charge in [-0.2, -0.15) is 0 Å². The molecule has 6 amide bonds. The van der Waals surface area contributed by atoms with Crippen LogP contribution in [0.5, 0.6) is 5.75 Å². The van der Waals surface area contributed by atoms with E-state index in [-0.39, 0.29) is 69.1 Å². The minimum Gasteiger partial charge on any atom is -0.508 e. The monoisotopic (exact) mass is 977 g/mol. The summed E-state index contributed by atoms with van der Waals surface area (Å²) < 4.78 is 0. The maximum absolute atomic E-state index is 13.8. The van der Waals surface area contributed by atoms with Crippen molar-refractivity contribution in [2.45, 2.75) is 133 Å². The summed E-state index contributed by atoms with van der Waals surface area (Å²) in [5, 5.41) is 67.2. The number of amides is 6. The summed E-state index contributed by atoms with van der Waals surface area (Å²) in [4.78, 5) is 110. The van der Waals surface area contributed by atoms with Gasteiger partial charge in [0.15, 0.2) is 0 Å². The zero-order valence-corrected chi connectivity index (χ0v) is 39.4. The normalized spacial score (nSPS) is 13.1. The fraction of sp³-hybridized carbons (Fsp3) is 0.490. The quantitative estimate of drug-likeness (QED) is 0.0383. The number of carboxylic acid groups (broad SMARTS) is 4. The molecule has 0 aliphatic carbocycles. The lowest BCUT2D eigenvalue weighted by Crippen LogP contribution is -2.56. The van der Waals surface area contributed by atoms with E-state index in [4.69, 9.17) is 5.11 Å². The molecule has 21 heteroatoms. The topological polar surface area (TPSA) is 339 Å². The van der Waals surface area contributed by atoms with Crippen LogP contribution >= 0.6 is 0 Å². The molecule has 0 heterocycles. The van der Waals surface area contributed by atoms with E-state index < -0.39 is 78.4 Å². The number of carbonyl (C=O) groups is 9. The summed E-state index contributed by atoms with van der Waals surface area (Å²) >= 11 is 0. The van der Waals surface area contributed by atoms with Gasteiger partial charge in [0, 0.05) is 38.8 Å². The van der Waals surface area contributed by atoms with Crippen LogP contribution in [0, 0.1) is 0 Å². The average Bonchev–Trinajstić information content (AvgIpc) is 3.32. The molecule has 2 unspecified atom stereocenters. The van der Waals surface area contributed by atoms with Crippen LogP contribution in [0.2, 0.25) is 0 Å². The molecular weight excluding hydrogens is 911 g/mol. The second-order valence-corrected chi connectivity index (χ2v) is 17.0. The van der Waals surface area contributed by atoms with E-state index in [1.54, 1.807) is 19.2 Å². The fourth-order valence-corrected chi connectivity index (χ4v) is 7.45. The number of rotatable bonds is 34. The van der Waals surface area contributed by atoms with Crippen molar-refractivity contribution >= 4 is 64.3 Å². The molecule has 0 aliphatic heterocycles. The minimum atomic E-state index is -1.51. The van der Waals surface area contributed by atoms with Crippen LogP contribution in [0.1, 0.15) is 101 Å². The van der Waals surface area contributed by atoms with Gasteiger partial charge in [0.25, 0.3) is 0 Å². The van der Waals surface area contributed by atoms with Crippen LogP contribution in [-0.4, -0.2) is 129 Å². The Balaban J connectivity index is 1.33. The number of unbranched alkanes of at least 4 members (excludes halogenated alkanes) is 5. The molecule has 70 heavy (non-hydrogen) atoms. The SMILES string of the molecule is CNC(Cc1ccc(O)cc1)C(=O)N[C@H](Cc1ccc2ccccc2c1)C(=O)N[C@H](CCCCNC(=O)CCCCCCC(=O)NCCCCC(NC(=O)N[C@@H](CCC(=O)O)C(=O)O)C(=O)O)C(=O)O. The molecule has 3 rings (SSSR count). The van der Waals surface area contributed by atoms with Crippen molar-refractivity contribution in [3.63, 3.8) is 0 Å². The molecule has 0 saturated heterocycles. The number of likely N-dealkylation sites (N-methyl/N-ethyl adjacent to an activating group) is 1. The molecule has 382 valence electrons. The van der Waals surface area contributed by atoms with E-state index in [0.717, 1.165) is 21.9 Å². The molecule has 0 bridgehead atoms. The highest BCUT2D eigenvalue weighted by atomic mass is 16.4. The Morgan fingerprint density at radius 1 is 0.471 bits per heavy atom. The highest BCUT2D eigenvalue weighted by Gasteiger charge is 2.29. The number of hydrogen-bond donors (Lipinski definition) is 12. The summed E-state index contributed by atoms with van der Waals surface area (Å²) in [5.74, 6) is -6.67. The highest BCUT2D eigenvalue weighted by Crippen LogP contribution is 2.18. The largest absolute Gasteiger partial charge is 0.508 e. The van der Waals surface area contributed by atoms with Crippen molar-refractivity contribution in [1.82, 2.24) is 37.2 Å². The van der Waals surface area contributed by atoms with Gasteiger partial charge in [-0.05, 0) is 105 Å².